The second kappa shape index (κ2) is 12.6. The molecule has 288 valence electrons. The lowest BCUT2D eigenvalue weighted by molar-refractivity contribution is -0.130. The minimum atomic E-state index is -2.88. The van der Waals surface area contributed by atoms with E-state index in [2.05, 4.69) is 15.3 Å². The normalized spacial score (nSPS) is 28.4. The average molecular weight is 801 g/mol. The topological polar surface area (TPSA) is 143 Å². The number of likely N-dealkylation sites (tertiary alicyclic amines) is 1. The summed E-state index contributed by atoms with van der Waals surface area (Å²) in [4.78, 5) is 27.8. The molecule has 1 amide bonds. The summed E-state index contributed by atoms with van der Waals surface area (Å²) in [5.74, 6) is -1.66. The van der Waals surface area contributed by atoms with Crippen LogP contribution in [0.4, 0.5) is 32.8 Å². The number of halogens is 6. The van der Waals surface area contributed by atoms with Crippen LogP contribution < -0.4 is 25.4 Å². The van der Waals surface area contributed by atoms with E-state index in [1.807, 2.05) is 11.0 Å². The Morgan fingerprint density at radius 1 is 1.22 bits per heavy atom. The summed E-state index contributed by atoms with van der Waals surface area (Å²) < 4.78 is 89.2. The fourth-order valence-electron chi connectivity index (χ4n) is 9.48. The number of hydrogen-bond donors (Lipinski definition) is 2. The Morgan fingerprint density at radius 3 is 2.80 bits per heavy atom. The first-order valence-electron chi connectivity index (χ1n) is 18.4. The van der Waals surface area contributed by atoms with E-state index in [4.69, 9.17) is 26.8 Å². The fourth-order valence-corrected chi connectivity index (χ4v) is 10.8. The summed E-state index contributed by atoms with van der Waals surface area (Å²) in [7, 11) is 0. The van der Waals surface area contributed by atoms with Crippen molar-refractivity contribution in [3.05, 3.63) is 34.4 Å². The van der Waals surface area contributed by atoms with Gasteiger partial charge in [0.15, 0.2) is 11.6 Å². The Bertz CT molecular complexity index is 2340. The maximum atomic E-state index is 17.4. The predicted octanol–water partition coefficient (Wildman–Crippen LogP) is 5.65. The minimum Gasteiger partial charge on any atom is -0.484 e. The molecule has 3 N–H and O–H groups in total. The molecule has 4 saturated heterocycles. The SMILES string of the molecule is N#Cc1c(N)sc2c(F)ccc(-c3c(Cl)c4c5c(nc(OC[C@@]67CCCN6C[C@H](F)C7)nc5c3F)N(CC(F)F)C3CN(C(=O)C5NC5C5CC5)CC3O4)c12. The van der Waals surface area contributed by atoms with Gasteiger partial charge < -0.3 is 25.0 Å². The molecule has 18 heteroatoms. The number of hydrogen-bond acceptors (Lipinski definition) is 11. The molecule has 0 bridgehead atoms. The average Bonchev–Trinajstić information content (AvgIpc) is 4.01. The zero-order chi connectivity index (χ0) is 38.1. The Kier molecular flexibility index (Phi) is 8.09. The Labute approximate surface area is 320 Å². The van der Waals surface area contributed by atoms with E-state index < -0.39 is 48.5 Å². The number of carbonyl (C=O) groups is 1. The van der Waals surface area contributed by atoms with Gasteiger partial charge in [0, 0.05) is 36.5 Å². The number of anilines is 2. The number of nitrogens with one attached hydrogen (secondary N) is 1. The Hall–Kier alpha value is -4.24. The number of nitrogens with two attached hydrogens (primary N) is 1. The van der Waals surface area contributed by atoms with Crippen LogP contribution in [0.1, 0.15) is 37.7 Å². The molecule has 4 aromatic rings. The smallest absolute Gasteiger partial charge is 0.319 e. The van der Waals surface area contributed by atoms with Gasteiger partial charge in [0.25, 0.3) is 6.43 Å². The highest BCUT2D eigenvalue weighted by atomic mass is 35.5. The fraction of sp³-hybridized carbons (Fsp3) is 0.514. The number of nitrogens with zero attached hydrogens (tertiary/aromatic N) is 6. The molecule has 2 aromatic heterocycles. The van der Waals surface area contributed by atoms with Crippen LogP contribution in [0.2, 0.25) is 5.02 Å². The molecule has 1 aliphatic carbocycles. The van der Waals surface area contributed by atoms with Crippen LogP contribution in [0.15, 0.2) is 12.1 Å². The highest BCUT2D eigenvalue weighted by molar-refractivity contribution is 7.23. The van der Waals surface area contributed by atoms with Crippen molar-refractivity contribution in [2.75, 3.05) is 50.0 Å². The third-order valence-corrected chi connectivity index (χ3v) is 13.6. The molecule has 6 atom stereocenters. The van der Waals surface area contributed by atoms with Crippen molar-refractivity contribution >= 4 is 60.7 Å². The van der Waals surface area contributed by atoms with Crippen LogP contribution in [0.3, 0.4) is 0 Å². The van der Waals surface area contributed by atoms with E-state index in [1.165, 1.54) is 11.0 Å². The zero-order valence-electron chi connectivity index (χ0n) is 29.1. The molecule has 11 nitrogen and oxygen atoms in total. The van der Waals surface area contributed by atoms with Gasteiger partial charge in [0.05, 0.1) is 45.3 Å². The van der Waals surface area contributed by atoms with Gasteiger partial charge in [-0.05, 0) is 49.8 Å². The number of aromatic nitrogens is 2. The summed E-state index contributed by atoms with van der Waals surface area (Å²) in [6, 6.07) is 2.90. The van der Waals surface area contributed by atoms with Crippen LogP contribution in [-0.4, -0.2) is 107 Å². The first-order valence-corrected chi connectivity index (χ1v) is 19.6. The van der Waals surface area contributed by atoms with Crippen LogP contribution in [-0.2, 0) is 4.79 Å². The van der Waals surface area contributed by atoms with Crippen molar-refractivity contribution in [1.29, 1.82) is 5.26 Å². The predicted molar refractivity (Wildman–Crippen MR) is 195 cm³/mol. The summed E-state index contributed by atoms with van der Waals surface area (Å²) in [5.41, 5.74) is 4.80. The molecule has 0 radical (unpaired) electrons. The molecule has 5 fully saturated rings. The molecular weight excluding hydrogens is 767 g/mol. The van der Waals surface area contributed by atoms with E-state index in [1.54, 1.807) is 4.90 Å². The third kappa shape index (κ3) is 5.49. The molecular formula is C37H34ClF5N8O3S. The van der Waals surface area contributed by atoms with Gasteiger partial charge in [-0.1, -0.05) is 17.7 Å². The zero-order valence-corrected chi connectivity index (χ0v) is 30.7. The number of amides is 1. The van der Waals surface area contributed by atoms with Crippen molar-refractivity contribution in [2.24, 2.45) is 5.92 Å². The molecule has 5 aliphatic heterocycles. The second-order valence-corrected chi connectivity index (χ2v) is 16.9. The number of alkyl halides is 3. The summed E-state index contributed by atoms with van der Waals surface area (Å²) in [5, 5.41) is 13.0. The van der Waals surface area contributed by atoms with E-state index in [0.29, 0.717) is 18.9 Å². The molecule has 55 heavy (non-hydrogen) atoms. The van der Waals surface area contributed by atoms with Gasteiger partial charge in [0.2, 0.25) is 5.91 Å². The van der Waals surface area contributed by atoms with E-state index in [9.17, 15) is 23.2 Å². The molecule has 6 aliphatic rings. The van der Waals surface area contributed by atoms with E-state index in [0.717, 1.165) is 36.7 Å². The number of nitriles is 1. The highest BCUT2D eigenvalue weighted by Gasteiger charge is 2.55. The van der Waals surface area contributed by atoms with Gasteiger partial charge in [-0.2, -0.15) is 15.2 Å². The lowest BCUT2D eigenvalue weighted by Crippen LogP contribution is -2.47. The summed E-state index contributed by atoms with van der Waals surface area (Å²) >= 11 is 7.95. The molecule has 4 unspecified atom stereocenters. The lowest BCUT2D eigenvalue weighted by Gasteiger charge is -2.32. The maximum absolute atomic E-state index is 17.4. The number of fused-ring (bicyclic) bond motifs is 3. The molecule has 1 saturated carbocycles. The number of rotatable bonds is 8. The first-order chi connectivity index (χ1) is 26.5. The number of nitrogen functional groups attached to an aromatic ring is 1. The van der Waals surface area contributed by atoms with Crippen LogP contribution in [0, 0.1) is 28.9 Å². The minimum absolute atomic E-state index is 0.00992. The summed E-state index contributed by atoms with van der Waals surface area (Å²) in [6.45, 7) is 0.117. The van der Waals surface area contributed by atoms with Crippen LogP contribution >= 0.6 is 22.9 Å². The van der Waals surface area contributed by atoms with E-state index in [-0.39, 0.29) is 116 Å². The molecule has 0 spiro atoms. The highest BCUT2D eigenvalue weighted by Crippen LogP contribution is 2.52. The number of carbonyl (C=O) groups excluding carboxylic acids is 1. The first kappa shape index (κ1) is 35.2. The van der Waals surface area contributed by atoms with E-state index >= 15 is 8.78 Å². The van der Waals surface area contributed by atoms with Crippen LogP contribution in [0.25, 0.3) is 32.1 Å². The molecule has 7 heterocycles. The van der Waals surface area contributed by atoms with Gasteiger partial charge in [0.1, 0.15) is 53.1 Å². The van der Waals surface area contributed by atoms with Crippen LogP contribution in [0.5, 0.6) is 11.8 Å². The van der Waals surface area contributed by atoms with Gasteiger partial charge in [-0.3, -0.25) is 15.0 Å². The monoisotopic (exact) mass is 800 g/mol. The number of benzene rings is 2. The summed E-state index contributed by atoms with van der Waals surface area (Å²) in [6.07, 6.45) is -1.03. The Balaban J connectivity index is 1.15. The lowest BCUT2D eigenvalue weighted by atomic mass is 9.95. The van der Waals surface area contributed by atoms with Gasteiger partial charge in [-0.25, -0.2) is 22.0 Å². The van der Waals surface area contributed by atoms with Crippen molar-refractivity contribution in [1.82, 2.24) is 25.1 Å². The largest absolute Gasteiger partial charge is 0.484 e. The quantitative estimate of drug-likeness (QED) is 0.170. The third-order valence-electron chi connectivity index (χ3n) is 12.2. The Morgan fingerprint density at radius 2 is 2.04 bits per heavy atom. The van der Waals surface area contributed by atoms with Gasteiger partial charge in [-0.15, -0.1) is 11.3 Å². The number of ether oxygens (including phenoxy) is 2. The maximum Gasteiger partial charge on any atom is 0.319 e. The number of thiophene rings is 1. The van der Waals surface area contributed by atoms with Gasteiger partial charge >= 0.3 is 6.01 Å². The van der Waals surface area contributed by atoms with Crippen molar-refractivity contribution in [3.8, 4) is 29.0 Å². The van der Waals surface area contributed by atoms with Crippen molar-refractivity contribution in [2.45, 2.75) is 74.5 Å². The molecule has 2 aromatic carbocycles. The van der Waals surface area contributed by atoms with Crippen molar-refractivity contribution < 1.29 is 36.2 Å². The standard InChI is InChI=1S/C37H34ClF5N8O3S/c38-26-24(17-4-5-19(40)32-23(17)18(9-44)33(45)55-32)27(43)29-25-31(26)54-21-12-49(35(52)30-28(46-30)15-2-3-15)11-20(21)51(13-22(41)42)34(25)48-36(47-29)53-14-37-6-1-7-50(37)10-16(39)8-37/h4-5,15-16,20-22,28,30,46H,1-3,6-8,10-14,45H2/t16-,20?,21?,28?,30?,37+/m1/s1. The molecule has 10 rings (SSSR count). The second-order valence-electron chi connectivity index (χ2n) is 15.5. The van der Waals surface area contributed by atoms with Crippen molar-refractivity contribution in [3.63, 3.8) is 0 Å².